The molecule has 1 saturated heterocycles. The highest BCUT2D eigenvalue weighted by Crippen LogP contribution is 2.23. The number of rotatable bonds is 4. The normalized spacial score (nSPS) is 15.4. The van der Waals surface area contributed by atoms with Crippen LogP contribution in [0, 0.1) is 0 Å². The molecule has 0 aliphatic carbocycles. The van der Waals surface area contributed by atoms with Crippen molar-refractivity contribution in [2.45, 2.75) is 4.90 Å². The van der Waals surface area contributed by atoms with Crippen LogP contribution >= 0.6 is 0 Å². The number of benzene rings is 2. The Bertz CT molecular complexity index is 1140. The summed E-state index contributed by atoms with van der Waals surface area (Å²) in [5.41, 5.74) is 1.50. The highest BCUT2D eigenvalue weighted by atomic mass is 32.2. The van der Waals surface area contributed by atoms with Crippen LogP contribution in [0.5, 0.6) is 0 Å². The number of carbonyl (C=O) groups is 1. The molecule has 4 rings (SSSR count). The van der Waals surface area contributed by atoms with Gasteiger partial charge < -0.3 is 4.90 Å². The number of piperazine rings is 1. The molecule has 10 heteroatoms. The van der Waals surface area contributed by atoms with Gasteiger partial charge in [-0.3, -0.25) is 10.0 Å². The Morgan fingerprint density at radius 3 is 2.34 bits per heavy atom. The minimum absolute atomic E-state index is 0.00577. The second kappa shape index (κ2) is 7.74. The second-order valence-electron chi connectivity index (χ2n) is 6.60. The Morgan fingerprint density at radius 1 is 0.966 bits per heavy atom. The summed E-state index contributed by atoms with van der Waals surface area (Å²) in [5, 5.41) is 10.5. The lowest BCUT2D eigenvalue weighted by molar-refractivity contribution is 0.0700. The zero-order chi connectivity index (χ0) is 20.4. The van der Waals surface area contributed by atoms with Gasteiger partial charge in [-0.25, -0.2) is 23.9 Å². The Balaban J connectivity index is 1.47. The van der Waals surface area contributed by atoms with Crippen LogP contribution in [-0.4, -0.2) is 60.0 Å². The molecular weight excluding hydrogens is 394 g/mol. The van der Waals surface area contributed by atoms with Crippen LogP contribution in [-0.2, 0) is 10.0 Å². The minimum Gasteiger partial charge on any atom is -0.353 e. The van der Waals surface area contributed by atoms with Crippen LogP contribution in [0.25, 0.3) is 10.8 Å². The first-order chi connectivity index (χ1) is 14.0. The average Bonchev–Trinajstić information content (AvgIpc) is 2.78. The van der Waals surface area contributed by atoms with E-state index in [0.29, 0.717) is 32.0 Å². The fourth-order valence-electron chi connectivity index (χ4n) is 3.29. The lowest BCUT2D eigenvalue weighted by Gasteiger charge is -2.34. The number of aromatic nitrogens is 2. The lowest BCUT2D eigenvalue weighted by atomic mass is 10.1. The first kappa shape index (κ1) is 19.2. The van der Waals surface area contributed by atoms with Crippen molar-refractivity contribution in [2.75, 3.05) is 31.1 Å². The lowest BCUT2D eigenvalue weighted by Crippen LogP contribution is -2.49. The number of hydroxylamine groups is 1. The van der Waals surface area contributed by atoms with E-state index < -0.39 is 15.9 Å². The number of sulfonamides is 1. The molecule has 9 nitrogen and oxygen atoms in total. The van der Waals surface area contributed by atoms with Gasteiger partial charge in [0, 0.05) is 26.2 Å². The van der Waals surface area contributed by atoms with Gasteiger partial charge in [0.1, 0.15) is 11.5 Å². The molecule has 3 aromatic rings. The number of nitrogens with zero attached hydrogens (tertiary/aromatic N) is 4. The maximum absolute atomic E-state index is 13.0. The summed E-state index contributed by atoms with van der Waals surface area (Å²) < 4.78 is 27.5. The fraction of sp³-hybridized carbons (Fsp3) is 0.211. The van der Waals surface area contributed by atoms with E-state index in [1.165, 1.54) is 22.2 Å². The first-order valence-corrected chi connectivity index (χ1v) is 10.4. The van der Waals surface area contributed by atoms with Gasteiger partial charge in [-0.15, -0.1) is 0 Å². The van der Waals surface area contributed by atoms with Crippen LogP contribution in [0.4, 0.5) is 5.82 Å². The quantitative estimate of drug-likeness (QED) is 0.489. The summed E-state index contributed by atoms with van der Waals surface area (Å²) in [7, 11) is -3.59. The van der Waals surface area contributed by atoms with Gasteiger partial charge in [-0.1, -0.05) is 30.3 Å². The van der Waals surface area contributed by atoms with Gasteiger partial charge in [0.15, 0.2) is 0 Å². The van der Waals surface area contributed by atoms with Gasteiger partial charge in [-0.05, 0) is 22.9 Å². The van der Waals surface area contributed by atoms with Crippen molar-refractivity contribution in [3.05, 3.63) is 60.6 Å². The van der Waals surface area contributed by atoms with Crippen molar-refractivity contribution in [1.82, 2.24) is 19.8 Å². The van der Waals surface area contributed by atoms with Crippen LogP contribution in [0.15, 0.2) is 59.8 Å². The van der Waals surface area contributed by atoms with Gasteiger partial charge in [0.2, 0.25) is 10.0 Å². The van der Waals surface area contributed by atoms with E-state index in [9.17, 15) is 13.2 Å². The maximum Gasteiger partial charge on any atom is 0.294 e. The van der Waals surface area contributed by atoms with E-state index in [-0.39, 0.29) is 10.6 Å². The van der Waals surface area contributed by atoms with E-state index in [2.05, 4.69) is 9.97 Å². The Morgan fingerprint density at radius 2 is 1.69 bits per heavy atom. The van der Waals surface area contributed by atoms with Crippen molar-refractivity contribution in [3.63, 3.8) is 0 Å². The van der Waals surface area contributed by atoms with Crippen LogP contribution < -0.4 is 10.4 Å². The molecule has 1 aliphatic heterocycles. The van der Waals surface area contributed by atoms with E-state index >= 15 is 0 Å². The monoisotopic (exact) mass is 413 g/mol. The summed E-state index contributed by atoms with van der Waals surface area (Å²) in [6, 6.07) is 12.8. The molecule has 0 spiro atoms. The summed E-state index contributed by atoms with van der Waals surface area (Å²) in [5.74, 6) is -0.197. The fourth-order valence-corrected chi connectivity index (χ4v) is 4.75. The number of carbonyl (C=O) groups excluding carboxylic acids is 1. The second-order valence-corrected chi connectivity index (χ2v) is 8.54. The summed E-state index contributed by atoms with van der Waals surface area (Å²) in [6.45, 7) is 1.53. The predicted molar refractivity (Wildman–Crippen MR) is 106 cm³/mol. The molecule has 0 bridgehead atoms. The highest BCUT2D eigenvalue weighted by Gasteiger charge is 2.29. The molecule has 0 saturated carbocycles. The molecule has 1 aliphatic rings. The molecule has 1 aromatic heterocycles. The van der Waals surface area contributed by atoms with E-state index in [0.717, 1.165) is 10.8 Å². The van der Waals surface area contributed by atoms with Gasteiger partial charge in [-0.2, -0.15) is 4.31 Å². The Labute approximate surface area is 167 Å². The number of nitrogens with one attached hydrogen (secondary N) is 1. The number of amides is 1. The van der Waals surface area contributed by atoms with Crippen molar-refractivity contribution in [3.8, 4) is 0 Å². The number of hydrogen-bond acceptors (Lipinski definition) is 7. The molecule has 1 fully saturated rings. The largest absolute Gasteiger partial charge is 0.353 e. The molecule has 0 unspecified atom stereocenters. The topological polar surface area (TPSA) is 116 Å². The van der Waals surface area contributed by atoms with Crippen LogP contribution in [0.2, 0.25) is 0 Å². The third kappa shape index (κ3) is 3.77. The molecule has 0 atom stereocenters. The molecule has 29 heavy (non-hydrogen) atoms. The highest BCUT2D eigenvalue weighted by molar-refractivity contribution is 7.89. The van der Waals surface area contributed by atoms with E-state index in [1.54, 1.807) is 12.1 Å². The summed E-state index contributed by atoms with van der Waals surface area (Å²) >= 11 is 0. The Hall–Kier alpha value is -3.08. The number of hydrogen-bond donors (Lipinski definition) is 2. The molecule has 150 valence electrons. The third-order valence-electron chi connectivity index (χ3n) is 4.89. The maximum atomic E-state index is 13.0. The van der Waals surface area contributed by atoms with Gasteiger partial charge in [0.05, 0.1) is 17.3 Å². The molecule has 1 amide bonds. The summed E-state index contributed by atoms with van der Waals surface area (Å²) in [6.07, 6.45) is 2.69. The average molecular weight is 413 g/mol. The van der Waals surface area contributed by atoms with E-state index in [4.69, 9.17) is 5.21 Å². The number of anilines is 1. The van der Waals surface area contributed by atoms with Crippen LogP contribution in [0.3, 0.4) is 0 Å². The molecule has 0 radical (unpaired) electrons. The third-order valence-corrected chi connectivity index (χ3v) is 6.79. The molecular formula is C19H19N5O4S. The number of fused-ring (bicyclic) bond motifs is 1. The Kier molecular flexibility index (Phi) is 5.14. The van der Waals surface area contributed by atoms with Gasteiger partial charge >= 0.3 is 0 Å². The van der Waals surface area contributed by atoms with Crippen molar-refractivity contribution in [2.24, 2.45) is 0 Å². The molecule has 2 heterocycles. The SMILES string of the molecule is O=C(NO)c1cnc(N2CCN(S(=O)(=O)c3ccc4ccccc4c3)CC2)cn1. The predicted octanol–water partition coefficient (Wildman–Crippen LogP) is 1.26. The van der Waals surface area contributed by atoms with E-state index in [1.807, 2.05) is 35.2 Å². The smallest absolute Gasteiger partial charge is 0.294 e. The molecule has 2 N–H and O–H groups in total. The van der Waals surface area contributed by atoms with Crippen molar-refractivity contribution in [1.29, 1.82) is 0 Å². The zero-order valence-corrected chi connectivity index (χ0v) is 16.2. The molecule has 2 aromatic carbocycles. The minimum atomic E-state index is -3.59. The van der Waals surface area contributed by atoms with Crippen molar-refractivity contribution < 1.29 is 18.4 Å². The van der Waals surface area contributed by atoms with Gasteiger partial charge in [0.25, 0.3) is 5.91 Å². The van der Waals surface area contributed by atoms with Crippen LogP contribution in [0.1, 0.15) is 10.5 Å². The standard InChI is InChI=1S/C19H19N5O4S/c25-19(22-26)17-12-21-18(13-20-17)23-7-9-24(10-8-23)29(27,28)16-6-5-14-3-1-2-4-15(14)11-16/h1-6,11-13,26H,7-10H2,(H,22,25). The van der Waals surface area contributed by atoms with Crippen molar-refractivity contribution >= 4 is 32.5 Å². The zero-order valence-electron chi connectivity index (χ0n) is 15.4. The first-order valence-electron chi connectivity index (χ1n) is 8.99. The summed E-state index contributed by atoms with van der Waals surface area (Å²) in [4.78, 5) is 21.6.